The Bertz CT molecular complexity index is 818. The molecule has 2 atom stereocenters. The number of thioether (sulfide) groups is 1. The molecule has 1 aromatic carbocycles. The summed E-state index contributed by atoms with van der Waals surface area (Å²) in [6, 6.07) is 10.4. The third kappa shape index (κ3) is 4.86. The standard InChI is InChI=1S/C20H23N3O3S/c1-14-9-15(2)12-22(11-14)20(24)16-6-7-19(18(10-16)23(25)26)27-13-17-5-3-4-8-21-17/h3-8,10,14-15H,9,11-13H2,1-2H3. The van der Waals surface area contributed by atoms with Crippen LogP contribution in [0.2, 0.25) is 0 Å². The lowest BCUT2D eigenvalue weighted by atomic mass is 9.91. The minimum Gasteiger partial charge on any atom is -0.338 e. The maximum absolute atomic E-state index is 12.8. The molecule has 1 aliphatic rings. The number of rotatable bonds is 5. The molecule has 0 aliphatic carbocycles. The van der Waals surface area contributed by atoms with Gasteiger partial charge in [0.1, 0.15) is 0 Å². The van der Waals surface area contributed by atoms with Crippen molar-refractivity contribution >= 4 is 23.4 Å². The lowest BCUT2D eigenvalue weighted by molar-refractivity contribution is -0.387. The number of aromatic nitrogens is 1. The van der Waals surface area contributed by atoms with Crippen molar-refractivity contribution < 1.29 is 9.72 Å². The molecule has 0 spiro atoms. The summed E-state index contributed by atoms with van der Waals surface area (Å²) < 4.78 is 0. The van der Waals surface area contributed by atoms with Crippen molar-refractivity contribution in [1.29, 1.82) is 0 Å². The second kappa shape index (κ2) is 8.52. The van der Waals surface area contributed by atoms with Crippen LogP contribution in [0.1, 0.15) is 36.3 Å². The number of amides is 1. The summed E-state index contributed by atoms with van der Waals surface area (Å²) in [5.41, 5.74) is 1.21. The van der Waals surface area contributed by atoms with E-state index in [0.29, 0.717) is 41.1 Å². The highest BCUT2D eigenvalue weighted by Crippen LogP contribution is 2.33. The van der Waals surface area contributed by atoms with Gasteiger partial charge < -0.3 is 4.90 Å². The Labute approximate surface area is 163 Å². The Morgan fingerprint density at radius 2 is 2.00 bits per heavy atom. The van der Waals surface area contributed by atoms with E-state index in [9.17, 15) is 14.9 Å². The third-order valence-electron chi connectivity index (χ3n) is 4.66. The van der Waals surface area contributed by atoms with Crippen LogP contribution in [0.15, 0.2) is 47.5 Å². The molecule has 1 saturated heterocycles. The number of likely N-dealkylation sites (tertiary alicyclic amines) is 1. The van der Waals surface area contributed by atoms with E-state index < -0.39 is 4.92 Å². The van der Waals surface area contributed by atoms with Crippen molar-refractivity contribution in [2.75, 3.05) is 13.1 Å². The minimum atomic E-state index is -0.418. The van der Waals surface area contributed by atoms with Gasteiger partial charge in [0.25, 0.3) is 11.6 Å². The van der Waals surface area contributed by atoms with E-state index in [0.717, 1.165) is 12.1 Å². The van der Waals surface area contributed by atoms with E-state index in [4.69, 9.17) is 0 Å². The van der Waals surface area contributed by atoms with Gasteiger partial charge in [-0.25, -0.2) is 0 Å². The molecule has 0 radical (unpaired) electrons. The van der Waals surface area contributed by atoms with Crippen molar-refractivity contribution in [3.05, 3.63) is 64.0 Å². The number of hydrogen-bond donors (Lipinski definition) is 0. The zero-order valence-corrected chi connectivity index (χ0v) is 16.3. The van der Waals surface area contributed by atoms with Crippen LogP contribution in [-0.2, 0) is 5.75 Å². The summed E-state index contributed by atoms with van der Waals surface area (Å²) in [5.74, 6) is 1.30. The van der Waals surface area contributed by atoms with Gasteiger partial charge in [0.2, 0.25) is 0 Å². The molecule has 0 bridgehead atoms. The van der Waals surface area contributed by atoms with E-state index in [1.54, 1.807) is 18.3 Å². The molecular weight excluding hydrogens is 362 g/mol. The fourth-order valence-corrected chi connectivity index (χ4v) is 4.48. The molecule has 3 rings (SSSR count). The maximum atomic E-state index is 12.8. The van der Waals surface area contributed by atoms with Crippen LogP contribution in [-0.4, -0.2) is 33.8 Å². The summed E-state index contributed by atoms with van der Waals surface area (Å²) in [6.45, 7) is 5.67. The first-order chi connectivity index (χ1) is 12.9. The van der Waals surface area contributed by atoms with E-state index in [2.05, 4.69) is 18.8 Å². The van der Waals surface area contributed by atoms with Crippen LogP contribution in [0.5, 0.6) is 0 Å². The number of hydrogen-bond acceptors (Lipinski definition) is 5. The van der Waals surface area contributed by atoms with Gasteiger partial charge in [-0.15, -0.1) is 11.8 Å². The third-order valence-corrected chi connectivity index (χ3v) is 5.76. The van der Waals surface area contributed by atoms with Crippen LogP contribution in [0, 0.1) is 22.0 Å². The minimum absolute atomic E-state index is 0.0279. The molecule has 0 saturated carbocycles. The first-order valence-corrected chi connectivity index (χ1v) is 10.0. The zero-order chi connectivity index (χ0) is 19.4. The molecule has 7 heteroatoms. The Morgan fingerprint density at radius 3 is 2.63 bits per heavy atom. The van der Waals surface area contributed by atoms with Crippen LogP contribution < -0.4 is 0 Å². The van der Waals surface area contributed by atoms with Gasteiger partial charge in [0.15, 0.2) is 0 Å². The van der Waals surface area contributed by atoms with E-state index >= 15 is 0 Å². The van der Waals surface area contributed by atoms with Gasteiger partial charge in [-0.1, -0.05) is 19.9 Å². The molecule has 0 N–H and O–H groups in total. The van der Waals surface area contributed by atoms with Gasteiger partial charge in [-0.05, 0) is 42.5 Å². The topological polar surface area (TPSA) is 76.3 Å². The first kappa shape index (κ1) is 19.4. The lowest BCUT2D eigenvalue weighted by Crippen LogP contribution is -2.42. The van der Waals surface area contributed by atoms with Gasteiger partial charge in [0.05, 0.1) is 15.5 Å². The number of nitro groups is 1. The predicted molar refractivity (Wildman–Crippen MR) is 106 cm³/mol. The van der Waals surface area contributed by atoms with Crippen molar-refractivity contribution in [3.63, 3.8) is 0 Å². The summed E-state index contributed by atoms with van der Waals surface area (Å²) in [5, 5.41) is 11.5. The Hall–Kier alpha value is -2.41. The molecule has 27 heavy (non-hydrogen) atoms. The van der Waals surface area contributed by atoms with Crippen molar-refractivity contribution in [1.82, 2.24) is 9.88 Å². The SMILES string of the molecule is CC1CC(C)CN(C(=O)c2ccc(SCc3ccccn3)c([N+](=O)[O-])c2)C1. The van der Waals surface area contributed by atoms with E-state index in [1.165, 1.54) is 17.8 Å². The fraction of sp³-hybridized carbons (Fsp3) is 0.400. The average molecular weight is 385 g/mol. The Morgan fingerprint density at radius 1 is 1.26 bits per heavy atom. The van der Waals surface area contributed by atoms with E-state index in [-0.39, 0.29) is 11.6 Å². The number of nitro benzene ring substituents is 1. The van der Waals surface area contributed by atoms with Crippen LogP contribution in [0.3, 0.4) is 0 Å². The molecular formula is C20H23N3O3S. The van der Waals surface area contributed by atoms with Gasteiger partial charge >= 0.3 is 0 Å². The quantitative estimate of drug-likeness (QED) is 0.433. The molecule has 142 valence electrons. The van der Waals surface area contributed by atoms with Crippen molar-refractivity contribution in [2.45, 2.75) is 30.9 Å². The predicted octanol–water partition coefficient (Wildman–Crippen LogP) is 4.40. The van der Waals surface area contributed by atoms with E-state index in [1.807, 2.05) is 23.1 Å². The molecule has 1 amide bonds. The van der Waals surface area contributed by atoms with Gasteiger partial charge in [0, 0.05) is 36.7 Å². The van der Waals surface area contributed by atoms with Crippen molar-refractivity contribution in [2.24, 2.45) is 11.8 Å². The largest absolute Gasteiger partial charge is 0.338 e. The number of benzene rings is 1. The molecule has 1 aliphatic heterocycles. The number of carbonyl (C=O) groups excluding carboxylic acids is 1. The first-order valence-electron chi connectivity index (χ1n) is 9.04. The van der Waals surface area contributed by atoms with Crippen LogP contribution >= 0.6 is 11.8 Å². The summed E-state index contributed by atoms with van der Waals surface area (Å²) >= 11 is 1.36. The molecule has 6 nitrogen and oxygen atoms in total. The summed E-state index contributed by atoms with van der Waals surface area (Å²) in [7, 11) is 0. The smallest absolute Gasteiger partial charge is 0.283 e. The van der Waals surface area contributed by atoms with Crippen LogP contribution in [0.25, 0.3) is 0 Å². The highest BCUT2D eigenvalue weighted by atomic mass is 32.2. The number of piperidine rings is 1. The lowest BCUT2D eigenvalue weighted by Gasteiger charge is -2.35. The van der Waals surface area contributed by atoms with Crippen molar-refractivity contribution in [3.8, 4) is 0 Å². The molecule has 2 unspecified atom stereocenters. The number of carbonyl (C=O) groups is 1. The Kier molecular flexibility index (Phi) is 6.11. The molecule has 2 heterocycles. The second-order valence-electron chi connectivity index (χ2n) is 7.21. The van der Waals surface area contributed by atoms with Gasteiger partial charge in [-0.2, -0.15) is 0 Å². The highest BCUT2D eigenvalue weighted by molar-refractivity contribution is 7.98. The number of pyridine rings is 1. The summed E-state index contributed by atoms with van der Waals surface area (Å²) in [6.07, 6.45) is 2.81. The molecule has 1 aromatic heterocycles. The second-order valence-corrected chi connectivity index (χ2v) is 8.22. The van der Waals surface area contributed by atoms with Crippen LogP contribution in [0.4, 0.5) is 5.69 Å². The maximum Gasteiger partial charge on any atom is 0.283 e. The normalized spacial score (nSPS) is 19.7. The summed E-state index contributed by atoms with van der Waals surface area (Å²) in [4.78, 5) is 30.6. The molecule has 2 aromatic rings. The monoisotopic (exact) mass is 385 g/mol. The highest BCUT2D eigenvalue weighted by Gasteiger charge is 2.27. The fourth-order valence-electron chi connectivity index (χ4n) is 3.56. The Balaban J connectivity index is 1.78. The average Bonchev–Trinajstić information content (AvgIpc) is 2.65. The number of nitrogens with zero attached hydrogens (tertiary/aromatic N) is 3. The van der Waals surface area contributed by atoms with Gasteiger partial charge in [-0.3, -0.25) is 19.9 Å². The molecule has 1 fully saturated rings. The zero-order valence-electron chi connectivity index (χ0n) is 15.5.